The molecule has 0 N–H and O–H groups in total. The minimum Gasteiger partial charge on any atom is -0.433 e. The topological polar surface area (TPSA) is 86.5 Å². The Balaban J connectivity index is 1.69. The molecule has 1 aromatic carbocycles. The molecule has 0 bridgehead atoms. The van der Waals surface area contributed by atoms with E-state index in [4.69, 9.17) is 5.26 Å². The second-order valence-corrected chi connectivity index (χ2v) is 7.64. The van der Waals surface area contributed by atoms with E-state index in [1.54, 1.807) is 18.2 Å². The summed E-state index contributed by atoms with van der Waals surface area (Å²) in [5.41, 5.74) is 0.108. The van der Waals surface area contributed by atoms with Crippen LogP contribution >= 0.6 is 0 Å². The number of alkyl halides is 2. The van der Waals surface area contributed by atoms with Crippen LogP contribution in [0.4, 0.5) is 14.6 Å². The summed E-state index contributed by atoms with van der Waals surface area (Å²) < 4.78 is 55.6. The highest BCUT2D eigenvalue weighted by Crippen LogP contribution is 2.23. The van der Waals surface area contributed by atoms with Crippen molar-refractivity contribution in [2.24, 2.45) is 0 Å². The summed E-state index contributed by atoms with van der Waals surface area (Å²) in [6, 6.07) is 10.9. The van der Waals surface area contributed by atoms with Gasteiger partial charge in [0, 0.05) is 26.2 Å². The van der Waals surface area contributed by atoms with E-state index in [0.29, 0.717) is 18.9 Å². The SMILES string of the molecule is N#Cc1ccccc1S(=O)(=O)N1CCN(c2ccc(OC(F)F)cn2)CC1. The summed E-state index contributed by atoms with van der Waals surface area (Å²) in [5, 5.41) is 9.14. The quantitative estimate of drug-likeness (QED) is 0.772. The number of piperazine rings is 1. The number of sulfonamides is 1. The molecule has 3 rings (SSSR count). The third-order valence-electron chi connectivity index (χ3n) is 4.13. The molecule has 0 radical (unpaired) electrons. The van der Waals surface area contributed by atoms with Gasteiger partial charge in [-0.3, -0.25) is 0 Å². The lowest BCUT2D eigenvalue weighted by Crippen LogP contribution is -2.49. The maximum atomic E-state index is 12.8. The van der Waals surface area contributed by atoms with Gasteiger partial charge < -0.3 is 9.64 Å². The molecule has 0 spiro atoms. The van der Waals surface area contributed by atoms with Gasteiger partial charge in [-0.1, -0.05) is 12.1 Å². The van der Waals surface area contributed by atoms with Crippen LogP contribution < -0.4 is 9.64 Å². The lowest BCUT2D eigenvalue weighted by atomic mass is 10.2. The largest absolute Gasteiger partial charge is 0.433 e. The molecule has 10 heteroatoms. The molecule has 1 fully saturated rings. The van der Waals surface area contributed by atoms with Gasteiger partial charge in [-0.15, -0.1) is 0 Å². The fourth-order valence-electron chi connectivity index (χ4n) is 2.81. The Morgan fingerprint density at radius 3 is 2.41 bits per heavy atom. The average molecular weight is 394 g/mol. The molecule has 2 aromatic rings. The number of aromatic nitrogens is 1. The van der Waals surface area contributed by atoms with Crippen molar-refractivity contribution in [3.8, 4) is 11.8 Å². The van der Waals surface area contributed by atoms with Crippen molar-refractivity contribution < 1.29 is 21.9 Å². The number of hydrogen-bond acceptors (Lipinski definition) is 6. The van der Waals surface area contributed by atoms with Gasteiger partial charge >= 0.3 is 6.61 Å². The normalized spacial score (nSPS) is 15.6. The van der Waals surface area contributed by atoms with Crippen LogP contribution in [0.2, 0.25) is 0 Å². The maximum absolute atomic E-state index is 12.8. The molecule has 1 aliphatic rings. The van der Waals surface area contributed by atoms with Crippen LogP contribution in [0.5, 0.6) is 5.75 Å². The van der Waals surface area contributed by atoms with E-state index in [1.807, 2.05) is 11.0 Å². The van der Waals surface area contributed by atoms with E-state index in [9.17, 15) is 17.2 Å². The van der Waals surface area contributed by atoms with Gasteiger partial charge in [-0.2, -0.15) is 18.3 Å². The van der Waals surface area contributed by atoms with Gasteiger partial charge in [0.25, 0.3) is 0 Å². The van der Waals surface area contributed by atoms with Crippen LogP contribution in [0.1, 0.15) is 5.56 Å². The molecule has 2 heterocycles. The first-order valence-electron chi connectivity index (χ1n) is 8.07. The van der Waals surface area contributed by atoms with Gasteiger partial charge in [0.05, 0.1) is 16.7 Å². The van der Waals surface area contributed by atoms with Crippen molar-refractivity contribution in [1.29, 1.82) is 5.26 Å². The molecule has 1 saturated heterocycles. The zero-order chi connectivity index (χ0) is 19.4. The molecule has 142 valence electrons. The molecule has 1 aromatic heterocycles. The molecule has 0 saturated carbocycles. The Bertz CT molecular complexity index is 937. The lowest BCUT2D eigenvalue weighted by Gasteiger charge is -2.34. The standard InChI is InChI=1S/C17H16F2N4O3S/c18-17(19)26-14-5-6-16(21-12-14)22-7-9-23(10-8-22)27(24,25)15-4-2-1-3-13(15)11-20/h1-6,12,17H,7-10H2. The molecular formula is C17H16F2N4O3S. The van der Waals surface area contributed by atoms with Crippen molar-refractivity contribution in [1.82, 2.24) is 9.29 Å². The fraction of sp³-hybridized carbons (Fsp3) is 0.294. The number of pyridine rings is 1. The molecule has 7 nitrogen and oxygen atoms in total. The Morgan fingerprint density at radius 2 is 1.81 bits per heavy atom. The number of anilines is 1. The van der Waals surface area contributed by atoms with Gasteiger partial charge in [0.15, 0.2) is 0 Å². The van der Waals surface area contributed by atoms with Crippen LogP contribution in [0.15, 0.2) is 47.5 Å². The number of nitrogens with zero attached hydrogens (tertiary/aromatic N) is 4. The van der Waals surface area contributed by atoms with Crippen molar-refractivity contribution in [3.05, 3.63) is 48.2 Å². The number of hydrogen-bond donors (Lipinski definition) is 0. The van der Waals surface area contributed by atoms with E-state index in [2.05, 4.69) is 9.72 Å². The zero-order valence-electron chi connectivity index (χ0n) is 14.1. The zero-order valence-corrected chi connectivity index (χ0v) is 14.9. The first-order valence-corrected chi connectivity index (χ1v) is 9.51. The molecule has 0 aliphatic carbocycles. The predicted molar refractivity (Wildman–Crippen MR) is 93.0 cm³/mol. The predicted octanol–water partition coefficient (Wildman–Crippen LogP) is 2.07. The molecule has 27 heavy (non-hydrogen) atoms. The summed E-state index contributed by atoms with van der Waals surface area (Å²) >= 11 is 0. The van der Waals surface area contributed by atoms with Crippen LogP contribution in [-0.4, -0.2) is 50.5 Å². The summed E-state index contributed by atoms with van der Waals surface area (Å²) in [7, 11) is -3.77. The summed E-state index contributed by atoms with van der Waals surface area (Å²) in [5.74, 6) is 0.508. The first-order chi connectivity index (χ1) is 12.9. The molecule has 0 atom stereocenters. The highest BCUT2D eigenvalue weighted by atomic mass is 32.2. The Kier molecular flexibility index (Phi) is 5.53. The van der Waals surface area contributed by atoms with Crippen molar-refractivity contribution in [2.75, 3.05) is 31.1 Å². The fourth-order valence-corrected chi connectivity index (χ4v) is 4.38. The highest BCUT2D eigenvalue weighted by molar-refractivity contribution is 7.89. The summed E-state index contributed by atoms with van der Waals surface area (Å²) in [6.07, 6.45) is 1.20. The number of halogens is 2. The summed E-state index contributed by atoms with van der Waals surface area (Å²) in [4.78, 5) is 5.93. The smallest absolute Gasteiger partial charge is 0.387 e. The van der Waals surface area contributed by atoms with Gasteiger partial charge in [0.2, 0.25) is 10.0 Å². The Morgan fingerprint density at radius 1 is 1.11 bits per heavy atom. The Labute approximate surface area is 155 Å². The van der Waals surface area contributed by atoms with E-state index in [0.717, 1.165) is 0 Å². The van der Waals surface area contributed by atoms with E-state index < -0.39 is 16.6 Å². The minimum absolute atomic E-state index is 0.00687. The maximum Gasteiger partial charge on any atom is 0.387 e. The summed E-state index contributed by atoms with van der Waals surface area (Å²) in [6.45, 7) is -1.70. The number of ether oxygens (including phenoxy) is 1. The molecule has 1 aliphatic heterocycles. The Hall–Kier alpha value is -2.77. The van der Waals surface area contributed by atoms with Gasteiger partial charge in [0.1, 0.15) is 17.6 Å². The first kappa shape index (κ1) is 19.0. The monoisotopic (exact) mass is 394 g/mol. The molecule has 0 unspecified atom stereocenters. The van der Waals surface area contributed by atoms with E-state index in [1.165, 1.54) is 28.7 Å². The minimum atomic E-state index is -3.77. The van der Waals surface area contributed by atoms with E-state index >= 15 is 0 Å². The third kappa shape index (κ3) is 4.15. The highest BCUT2D eigenvalue weighted by Gasteiger charge is 2.30. The van der Waals surface area contributed by atoms with Crippen molar-refractivity contribution in [3.63, 3.8) is 0 Å². The number of rotatable bonds is 5. The second kappa shape index (κ2) is 7.85. The van der Waals surface area contributed by atoms with E-state index in [-0.39, 0.29) is 29.3 Å². The van der Waals surface area contributed by atoms with Gasteiger partial charge in [-0.25, -0.2) is 13.4 Å². The molecular weight excluding hydrogens is 378 g/mol. The average Bonchev–Trinajstić information content (AvgIpc) is 2.68. The van der Waals surface area contributed by atoms with Gasteiger partial charge in [-0.05, 0) is 24.3 Å². The van der Waals surface area contributed by atoms with Crippen molar-refractivity contribution >= 4 is 15.8 Å². The van der Waals surface area contributed by atoms with Crippen LogP contribution in [0, 0.1) is 11.3 Å². The second-order valence-electron chi connectivity index (χ2n) is 5.73. The third-order valence-corrected chi connectivity index (χ3v) is 6.09. The number of benzene rings is 1. The van der Waals surface area contributed by atoms with Crippen LogP contribution in [0.25, 0.3) is 0 Å². The lowest BCUT2D eigenvalue weighted by molar-refractivity contribution is -0.0500. The number of nitriles is 1. The van der Waals surface area contributed by atoms with Crippen LogP contribution in [-0.2, 0) is 10.0 Å². The molecule has 0 amide bonds. The van der Waals surface area contributed by atoms with Crippen LogP contribution in [0.3, 0.4) is 0 Å². The van der Waals surface area contributed by atoms with Crippen molar-refractivity contribution in [2.45, 2.75) is 11.5 Å².